The molecular weight excluding hydrogens is 362 g/mol. The van der Waals surface area contributed by atoms with Crippen molar-refractivity contribution in [3.8, 4) is 17.5 Å². The summed E-state index contributed by atoms with van der Waals surface area (Å²) in [6, 6.07) is 5.64. The van der Waals surface area contributed by atoms with Crippen LogP contribution in [0.3, 0.4) is 0 Å². The molecule has 1 aliphatic heterocycles. The van der Waals surface area contributed by atoms with Gasteiger partial charge in [-0.2, -0.15) is 4.98 Å². The highest BCUT2D eigenvalue weighted by molar-refractivity contribution is 5.90. The van der Waals surface area contributed by atoms with Crippen LogP contribution in [0.15, 0.2) is 37.1 Å². The van der Waals surface area contributed by atoms with E-state index in [0.29, 0.717) is 30.7 Å². The highest BCUT2D eigenvalue weighted by atomic mass is 16.2. The third-order valence-electron chi connectivity index (χ3n) is 4.53. The molecule has 0 saturated carbocycles. The summed E-state index contributed by atoms with van der Waals surface area (Å²) in [5.74, 6) is 1.59. The van der Waals surface area contributed by atoms with Crippen LogP contribution < -0.4 is 0 Å². The normalized spacial score (nSPS) is 16.2. The first kappa shape index (κ1) is 16.2. The molecule has 0 spiro atoms. The monoisotopic (exact) mass is 377 g/mol. The summed E-state index contributed by atoms with van der Waals surface area (Å²) >= 11 is 0. The van der Waals surface area contributed by atoms with Crippen molar-refractivity contribution < 1.29 is 4.79 Å². The lowest BCUT2D eigenvalue weighted by atomic mass is 10.2. The second kappa shape index (κ2) is 6.33. The summed E-state index contributed by atoms with van der Waals surface area (Å²) < 4.78 is 3.54. The summed E-state index contributed by atoms with van der Waals surface area (Å²) in [6.45, 7) is 2.83. The van der Waals surface area contributed by atoms with Gasteiger partial charge >= 0.3 is 0 Å². The number of pyridine rings is 1. The van der Waals surface area contributed by atoms with Gasteiger partial charge in [0.2, 0.25) is 5.82 Å². The van der Waals surface area contributed by atoms with E-state index in [2.05, 4.69) is 40.6 Å². The third-order valence-corrected chi connectivity index (χ3v) is 4.53. The molecule has 1 amide bonds. The molecule has 0 aliphatic carbocycles. The third kappa shape index (κ3) is 2.62. The van der Waals surface area contributed by atoms with Crippen molar-refractivity contribution in [1.29, 1.82) is 0 Å². The molecule has 0 aromatic carbocycles. The van der Waals surface area contributed by atoms with Crippen molar-refractivity contribution in [2.24, 2.45) is 0 Å². The summed E-state index contributed by atoms with van der Waals surface area (Å²) in [5, 5.41) is 22.7. The first-order chi connectivity index (χ1) is 13.7. The van der Waals surface area contributed by atoms with Crippen LogP contribution >= 0.6 is 0 Å². The summed E-state index contributed by atoms with van der Waals surface area (Å²) in [4.78, 5) is 23.2. The molecule has 0 bridgehead atoms. The second-order valence-corrected chi connectivity index (χ2v) is 6.41. The van der Waals surface area contributed by atoms with Gasteiger partial charge in [-0.05, 0) is 19.1 Å². The predicted molar refractivity (Wildman–Crippen MR) is 94.0 cm³/mol. The summed E-state index contributed by atoms with van der Waals surface area (Å²) in [6.07, 6.45) is 4.64. The minimum absolute atomic E-state index is 0.0139. The predicted octanol–water partition coefficient (Wildman–Crippen LogP) is 0.256. The molecule has 4 aromatic heterocycles. The van der Waals surface area contributed by atoms with Crippen molar-refractivity contribution in [1.82, 2.24) is 54.6 Å². The number of aromatic amines is 1. The largest absolute Gasteiger partial charge is 0.326 e. The number of nitrogens with one attached hydrogen (secondary N) is 1. The molecule has 140 valence electrons. The van der Waals surface area contributed by atoms with Crippen LogP contribution in [0.1, 0.15) is 29.4 Å². The van der Waals surface area contributed by atoms with Crippen molar-refractivity contribution in [2.75, 3.05) is 6.54 Å². The Morgan fingerprint density at radius 2 is 2.07 bits per heavy atom. The van der Waals surface area contributed by atoms with Gasteiger partial charge in [0, 0.05) is 12.7 Å². The van der Waals surface area contributed by atoms with E-state index in [1.54, 1.807) is 11.1 Å². The molecule has 0 fully saturated rings. The van der Waals surface area contributed by atoms with E-state index in [0.717, 1.165) is 5.69 Å². The standard InChI is InChI=1S/C16H15N11O/c1-10-6-25(15(28)13-20-16(24-22-13)26-8-18-19-9-26)7-12-21-23-14(27(10)12)11-4-2-3-5-17-11/h2-5,8-10H,6-7H2,1H3,(H,20,22,24)/t10-/m0/s1. The Kier molecular flexibility index (Phi) is 3.67. The molecule has 1 N–H and O–H groups in total. The quantitative estimate of drug-likeness (QED) is 0.537. The van der Waals surface area contributed by atoms with Gasteiger partial charge in [-0.15, -0.1) is 25.5 Å². The molecule has 5 heterocycles. The number of hydrogen-bond donors (Lipinski definition) is 1. The Labute approximate surface area is 158 Å². The lowest BCUT2D eigenvalue weighted by Gasteiger charge is -2.31. The lowest BCUT2D eigenvalue weighted by Crippen LogP contribution is -2.41. The Morgan fingerprint density at radius 3 is 2.86 bits per heavy atom. The lowest BCUT2D eigenvalue weighted by molar-refractivity contribution is 0.0670. The van der Waals surface area contributed by atoms with Crippen LogP contribution in [-0.2, 0) is 6.54 Å². The minimum atomic E-state index is -0.257. The van der Waals surface area contributed by atoms with Crippen molar-refractivity contribution in [3.63, 3.8) is 0 Å². The number of rotatable bonds is 3. The van der Waals surface area contributed by atoms with Crippen LogP contribution in [0, 0.1) is 0 Å². The molecule has 1 aliphatic rings. The minimum Gasteiger partial charge on any atom is -0.326 e. The van der Waals surface area contributed by atoms with Crippen LogP contribution in [-0.4, -0.2) is 67.0 Å². The summed E-state index contributed by atoms with van der Waals surface area (Å²) in [7, 11) is 0. The molecular formula is C16H15N11O. The van der Waals surface area contributed by atoms with Gasteiger partial charge in [0.25, 0.3) is 11.9 Å². The van der Waals surface area contributed by atoms with Gasteiger partial charge in [0.1, 0.15) is 18.3 Å². The highest BCUT2D eigenvalue weighted by Gasteiger charge is 2.31. The molecule has 0 unspecified atom stereocenters. The molecule has 4 aromatic rings. The highest BCUT2D eigenvalue weighted by Crippen LogP contribution is 2.26. The Bertz CT molecular complexity index is 1110. The fourth-order valence-electron chi connectivity index (χ4n) is 3.27. The first-order valence-electron chi connectivity index (χ1n) is 8.62. The van der Waals surface area contributed by atoms with E-state index in [1.165, 1.54) is 17.2 Å². The van der Waals surface area contributed by atoms with E-state index in [1.807, 2.05) is 29.7 Å². The Balaban J connectivity index is 1.41. The number of H-pyrrole nitrogens is 1. The van der Waals surface area contributed by atoms with Crippen LogP contribution in [0.4, 0.5) is 0 Å². The Hall–Kier alpha value is -3.96. The molecule has 12 heteroatoms. The zero-order chi connectivity index (χ0) is 19.1. The van der Waals surface area contributed by atoms with Crippen molar-refractivity contribution >= 4 is 5.91 Å². The number of nitrogens with zero attached hydrogens (tertiary/aromatic N) is 10. The number of fused-ring (bicyclic) bond motifs is 1. The second-order valence-electron chi connectivity index (χ2n) is 6.41. The number of hydrogen-bond acceptors (Lipinski definition) is 8. The van der Waals surface area contributed by atoms with E-state index in [4.69, 9.17) is 0 Å². The SMILES string of the molecule is C[C@H]1CN(C(=O)c2nc(-n3cnnc3)n[nH]2)Cc2nnc(-c3ccccn3)n21. The van der Waals surface area contributed by atoms with Gasteiger partial charge in [-0.3, -0.25) is 19.4 Å². The molecule has 1 atom stereocenters. The van der Waals surface area contributed by atoms with Crippen LogP contribution in [0.25, 0.3) is 17.5 Å². The average molecular weight is 377 g/mol. The van der Waals surface area contributed by atoms with Gasteiger partial charge < -0.3 is 9.47 Å². The Morgan fingerprint density at radius 1 is 1.21 bits per heavy atom. The first-order valence-corrected chi connectivity index (χ1v) is 8.62. The zero-order valence-electron chi connectivity index (χ0n) is 14.8. The molecule has 12 nitrogen and oxygen atoms in total. The van der Waals surface area contributed by atoms with Crippen molar-refractivity contribution in [2.45, 2.75) is 19.5 Å². The van der Waals surface area contributed by atoms with E-state index in [-0.39, 0.29) is 17.8 Å². The van der Waals surface area contributed by atoms with E-state index >= 15 is 0 Å². The van der Waals surface area contributed by atoms with Crippen molar-refractivity contribution in [3.05, 3.63) is 48.7 Å². The molecule has 28 heavy (non-hydrogen) atoms. The number of carbonyl (C=O) groups excluding carboxylic acids is 1. The number of amides is 1. The topological polar surface area (TPSA) is 136 Å². The number of aromatic nitrogens is 10. The molecule has 0 saturated heterocycles. The van der Waals surface area contributed by atoms with Crippen LogP contribution in [0.2, 0.25) is 0 Å². The van der Waals surface area contributed by atoms with Crippen LogP contribution in [0.5, 0.6) is 0 Å². The maximum Gasteiger partial charge on any atom is 0.291 e. The molecule has 0 radical (unpaired) electrons. The maximum atomic E-state index is 12.9. The van der Waals surface area contributed by atoms with Gasteiger partial charge in [0.05, 0.1) is 12.6 Å². The van der Waals surface area contributed by atoms with E-state index in [9.17, 15) is 4.79 Å². The van der Waals surface area contributed by atoms with E-state index < -0.39 is 0 Å². The summed E-state index contributed by atoms with van der Waals surface area (Å²) in [5.41, 5.74) is 0.752. The van der Waals surface area contributed by atoms with Gasteiger partial charge in [-0.25, -0.2) is 0 Å². The maximum absolute atomic E-state index is 12.9. The smallest absolute Gasteiger partial charge is 0.291 e. The fourth-order valence-corrected chi connectivity index (χ4v) is 3.27. The number of carbonyl (C=O) groups is 1. The molecule has 5 rings (SSSR count). The fraction of sp³-hybridized carbons (Fsp3) is 0.250. The van der Waals surface area contributed by atoms with Gasteiger partial charge in [-0.1, -0.05) is 6.07 Å². The van der Waals surface area contributed by atoms with Gasteiger partial charge in [0.15, 0.2) is 11.6 Å². The zero-order valence-corrected chi connectivity index (χ0v) is 14.8. The average Bonchev–Trinajstić information content (AvgIpc) is 3.47.